The van der Waals surface area contributed by atoms with Gasteiger partial charge in [-0.15, -0.1) is 6.58 Å². The van der Waals surface area contributed by atoms with E-state index in [2.05, 4.69) is 11.9 Å². The lowest BCUT2D eigenvalue weighted by Crippen LogP contribution is -2.63. The standard InChI is InChI=1S/C33H46N4O8/c1-6-7-8-9-10-11-12-18(38)16-35-21-15-22(36(2)3)19-13-17-14-20-26(37(4)5)29(41)25(32(34)44)31(43)33(20,45)30(42)23(17)28(40)24(19)27(21)39/h6,15,17-18,20,26,35,38-39,41-42,45H,1,7-14,16H2,2-5H3,(H2,34,44)/t17-,18?,20+,26-,33+/m0/s1. The summed E-state index contributed by atoms with van der Waals surface area (Å²) in [5, 5.41) is 59.3. The van der Waals surface area contributed by atoms with Crippen LogP contribution in [-0.4, -0.2) is 100 Å². The number of phenolic OH excluding ortho intramolecular Hbond substituents is 1. The number of nitrogens with one attached hydrogen (secondary N) is 1. The van der Waals surface area contributed by atoms with Gasteiger partial charge in [0.1, 0.15) is 22.8 Å². The van der Waals surface area contributed by atoms with E-state index in [1.165, 1.54) is 4.90 Å². The second-order valence-corrected chi connectivity index (χ2v) is 12.8. The van der Waals surface area contributed by atoms with E-state index < -0.39 is 64.1 Å². The summed E-state index contributed by atoms with van der Waals surface area (Å²) in [6.07, 6.45) is 6.86. The Balaban J connectivity index is 1.71. The minimum atomic E-state index is -2.70. The van der Waals surface area contributed by atoms with Crippen molar-refractivity contribution in [3.63, 3.8) is 0 Å². The number of hydrogen-bond donors (Lipinski definition) is 7. The SMILES string of the molecule is C=CCCCCCCC(O)CNc1cc(N(C)C)c2c(c1O)C(=O)C1=C(O)[C@@]3(O)C(=O)C(C(N)=O)=C(O)[C@@H](N(C)C)[C@H]3C[C@@H]1C2. The largest absolute Gasteiger partial charge is 0.510 e. The van der Waals surface area contributed by atoms with Crippen LogP contribution in [0.25, 0.3) is 0 Å². The molecule has 246 valence electrons. The van der Waals surface area contributed by atoms with Crippen molar-refractivity contribution < 1.29 is 39.9 Å². The first-order valence-electron chi connectivity index (χ1n) is 15.4. The van der Waals surface area contributed by atoms with Crippen molar-refractivity contribution in [2.24, 2.45) is 17.6 Å². The van der Waals surface area contributed by atoms with Gasteiger partial charge in [-0.25, -0.2) is 0 Å². The summed E-state index contributed by atoms with van der Waals surface area (Å²) in [6.45, 7) is 3.85. The van der Waals surface area contributed by atoms with Crippen LogP contribution < -0.4 is 16.0 Å². The highest BCUT2D eigenvalue weighted by Gasteiger charge is 2.63. The molecule has 1 unspecified atom stereocenters. The van der Waals surface area contributed by atoms with Gasteiger partial charge in [-0.05, 0) is 63.7 Å². The van der Waals surface area contributed by atoms with Gasteiger partial charge in [0, 0.05) is 37.8 Å². The minimum absolute atomic E-state index is 0.0131. The van der Waals surface area contributed by atoms with Crippen molar-refractivity contribution in [2.45, 2.75) is 69.1 Å². The van der Waals surface area contributed by atoms with Crippen molar-refractivity contribution in [3.8, 4) is 5.75 Å². The number of carbonyl (C=O) groups is 3. The smallest absolute Gasteiger partial charge is 0.255 e. The van der Waals surface area contributed by atoms with Gasteiger partial charge in [-0.2, -0.15) is 0 Å². The predicted molar refractivity (Wildman–Crippen MR) is 170 cm³/mol. The van der Waals surface area contributed by atoms with Crippen LogP contribution in [-0.2, 0) is 16.0 Å². The third-order valence-electron chi connectivity index (χ3n) is 9.40. The normalized spacial score (nSPS) is 25.1. The fourth-order valence-electron chi connectivity index (χ4n) is 7.18. The molecule has 45 heavy (non-hydrogen) atoms. The van der Waals surface area contributed by atoms with Crippen LogP contribution in [0.2, 0.25) is 0 Å². The van der Waals surface area contributed by atoms with E-state index in [1.807, 2.05) is 6.08 Å². The van der Waals surface area contributed by atoms with E-state index in [9.17, 15) is 39.9 Å². The van der Waals surface area contributed by atoms with Crippen LogP contribution >= 0.6 is 0 Å². The number of hydrogen-bond acceptors (Lipinski definition) is 11. The lowest BCUT2D eigenvalue weighted by Gasteiger charge is -2.50. The number of primary amides is 1. The molecular weight excluding hydrogens is 580 g/mol. The summed E-state index contributed by atoms with van der Waals surface area (Å²) in [7, 11) is 6.76. The molecule has 12 nitrogen and oxygen atoms in total. The molecule has 0 aromatic heterocycles. The summed E-state index contributed by atoms with van der Waals surface area (Å²) in [4.78, 5) is 43.2. The number of aliphatic hydroxyl groups is 4. The van der Waals surface area contributed by atoms with Crippen molar-refractivity contribution in [2.75, 3.05) is 45.0 Å². The molecule has 4 rings (SSSR count). The van der Waals surface area contributed by atoms with Gasteiger partial charge in [-0.1, -0.05) is 25.3 Å². The number of nitrogens with zero attached hydrogens (tertiary/aromatic N) is 2. The summed E-state index contributed by atoms with van der Waals surface area (Å²) >= 11 is 0. The van der Waals surface area contributed by atoms with Gasteiger partial charge in [-0.3, -0.25) is 19.3 Å². The maximum absolute atomic E-state index is 14.1. The third kappa shape index (κ3) is 5.94. The van der Waals surface area contributed by atoms with E-state index >= 15 is 0 Å². The van der Waals surface area contributed by atoms with Crippen LogP contribution in [0.4, 0.5) is 11.4 Å². The molecule has 0 spiro atoms. The number of fused-ring (bicyclic) bond motifs is 3. The second-order valence-electron chi connectivity index (χ2n) is 12.8. The summed E-state index contributed by atoms with van der Waals surface area (Å²) in [6, 6.07) is 0.653. The fraction of sp³-hybridized carbons (Fsp3) is 0.545. The maximum atomic E-state index is 14.1. The number of likely N-dealkylation sites (N-methyl/N-ethyl adjacent to an activating group) is 1. The average Bonchev–Trinajstić information content (AvgIpc) is 2.95. The van der Waals surface area contributed by atoms with Gasteiger partial charge in [0.15, 0.2) is 11.4 Å². The number of carbonyl (C=O) groups excluding carboxylic acids is 3. The molecule has 12 heteroatoms. The van der Waals surface area contributed by atoms with Crippen LogP contribution in [0.3, 0.4) is 0 Å². The Bertz CT molecular complexity index is 1450. The van der Waals surface area contributed by atoms with Crippen LogP contribution in [0.1, 0.15) is 60.9 Å². The number of unbranched alkanes of at least 4 members (excludes halogenated alkanes) is 4. The number of aromatic hydroxyl groups is 1. The number of phenols is 1. The van der Waals surface area contributed by atoms with Gasteiger partial charge in [0.05, 0.1) is 23.4 Å². The molecule has 0 aliphatic heterocycles. The highest BCUT2D eigenvalue weighted by atomic mass is 16.3. The van der Waals surface area contributed by atoms with E-state index in [1.54, 1.807) is 39.2 Å². The fourth-order valence-corrected chi connectivity index (χ4v) is 7.18. The van der Waals surface area contributed by atoms with Gasteiger partial charge in [0.2, 0.25) is 5.78 Å². The van der Waals surface area contributed by atoms with E-state index in [-0.39, 0.29) is 42.0 Å². The van der Waals surface area contributed by atoms with Crippen molar-refractivity contribution in [3.05, 3.63) is 52.5 Å². The number of Topliss-reactive ketones (excluding diaryl/α,β-unsaturated/α-hetero) is 2. The Kier molecular flexibility index (Phi) is 10.0. The topological polar surface area (TPSA) is 197 Å². The lowest BCUT2D eigenvalue weighted by atomic mass is 9.58. The third-order valence-corrected chi connectivity index (χ3v) is 9.40. The predicted octanol–water partition coefficient (Wildman–Crippen LogP) is 2.49. The lowest BCUT2D eigenvalue weighted by molar-refractivity contribution is -0.148. The molecule has 0 fully saturated rings. The summed E-state index contributed by atoms with van der Waals surface area (Å²) in [5.41, 5.74) is 2.94. The molecule has 1 aromatic carbocycles. The molecule has 1 amide bonds. The molecule has 8 N–H and O–H groups in total. The van der Waals surface area contributed by atoms with Crippen molar-refractivity contribution >= 4 is 28.8 Å². The number of rotatable bonds is 13. The monoisotopic (exact) mass is 626 g/mol. The second kappa shape index (κ2) is 13.2. The number of nitrogens with two attached hydrogens (primary N) is 1. The summed E-state index contributed by atoms with van der Waals surface area (Å²) in [5.74, 6) is -6.95. The van der Waals surface area contributed by atoms with E-state index in [4.69, 9.17) is 5.73 Å². The Morgan fingerprint density at radius 1 is 1.16 bits per heavy atom. The summed E-state index contributed by atoms with van der Waals surface area (Å²) < 4.78 is 0. The molecule has 0 radical (unpaired) electrons. The van der Waals surface area contributed by atoms with Crippen LogP contribution in [0.15, 0.2) is 41.4 Å². The first-order chi connectivity index (χ1) is 21.2. The maximum Gasteiger partial charge on any atom is 0.255 e. The molecule has 5 atom stereocenters. The molecule has 3 aliphatic carbocycles. The van der Waals surface area contributed by atoms with Crippen LogP contribution in [0, 0.1) is 11.8 Å². The average molecular weight is 627 g/mol. The molecule has 0 bridgehead atoms. The van der Waals surface area contributed by atoms with Crippen molar-refractivity contribution in [1.82, 2.24) is 4.90 Å². The van der Waals surface area contributed by atoms with Gasteiger partial charge < -0.3 is 41.5 Å². The Hall–Kier alpha value is -3.87. The first-order valence-corrected chi connectivity index (χ1v) is 15.4. The molecule has 3 aliphatic rings. The number of benzene rings is 1. The molecule has 0 saturated carbocycles. The number of anilines is 2. The first kappa shape index (κ1) is 34.0. The zero-order valence-corrected chi connectivity index (χ0v) is 26.5. The highest BCUT2D eigenvalue weighted by molar-refractivity contribution is 6.25. The molecular formula is C33H46N4O8. The molecule has 1 aromatic rings. The Morgan fingerprint density at radius 2 is 1.82 bits per heavy atom. The molecule has 0 heterocycles. The number of ketones is 2. The Morgan fingerprint density at radius 3 is 2.42 bits per heavy atom. The van der Waals surface area contributed by atoms with E-state index in [0.717, 1.165) is 32.1 Å². The van der Waals surface area contributed by atoms with Crippen LogP contribution in [0.5, 0.6) is 5.75 Å². The Labute approximate surface area is 263 Å². The number of aliphatic hydroxyl groups excluding tert-OH is 3. The molecule has 0 saturated heterocycles. The minimum Gasteiger partial charge on any atom is -0.510 e. The van der Waals surface area contributed by atoms with Gasteiger partial charge >= 0.3 is 0 Å². The highest BCUT2D eigenvalue weighted by Crippen LogP contribution is 2.53. The number of amides is 1. The van der Waals surface area contributed by atoms with E-state index in [0.29, 0.717) is 17.7 Å². The van der Waals surface area contributed by atoms with Crippen molar-refractivity contribution in [1.29, 1.82) is 0 Å². The van der Waals surface area contributed by atoms with Gasteiger partial charge in [0.25, 0.3) is 5.91 Å². The zero-order chi connectivity index (χ0) is 33.4. The zero-order valence-electron chi connectivity index (χ0n) is 26.5. The number of allylic oxidation sites excluding steroid dienone is 2. The quantitative estimate of drug-likeness (QED) is 0.0735.